The number of nitrogen functional groups attached to an aromatic ring is 1. The van der Waals surface area contributed by atoms with E-state index in [1.165, 1.54) is 0 Å². The molecule has 0 fully saturated rings. The molecule has 5 nitrogen and oxygen atoms in total. The Morgan fingerprint density at radius 1 is 1.36 bits per heavy atom. The van der Waals surface area contributed by atoms with Crippen molar-refractivity contribution < 1.29 is 4.68 Å². The average molecular weight is 190 g/mol. The number of aryl methyl sites for hydroxylation is 1. The molecule has 1 aromatic heterocycles. The van der Waals surface area contributed by atoms with Crippen LogP contribution in [0.1, 0.15) is 5.56 Å². The lowest BCUT2D eigenvalue weighted by Crippen LogP contribution is -2.34. The lowest BCUT2D eigenvalue weighted by atomic mass is 10.2. The van der Waals surface area contributed by atoms with E-state index in [9.17, 15) is 0 Å². The van der Waals surface area contributed by atoms with Crippen LogP contribution in [0.5, 0.6) is 0 Å². The molecule has 0 saturated carbocycles. The van der Waals surface area contributed by atoms with E-state index >= 15 is 0 Å². The summed E-state index contributed by atoms with van der Waals surface area (Å²) < 4.78 is 3.21. The summed E-state index contributed by atoms with van der Waals surface area (Å²) >= 11 is 0. The van der Waals surface area contributed by atoms with Gasteiger partial charge in [0, 0.05) is 0 Å². The van der Waals surface area contributed by atoms with E-state index in [0.717, 1.165) is 5.56 Å². The highest BCUT2D eigenvalue weighted by Crippen LogP contribution is 2.01. The van der Waals surface area contributed by atoms with Crippen LogP contribution in [-0.2, 0) is 13.6 Å². The predicted octanol–water partition coefficient (Wildman–Crippen LogP) is -0.267. The van der Waals surface area contributed by atoms with Crippen LogP contribution in [0.3, 0.4) is 0 Å². The molecule has 1 heterocycles. The molecule has 0 aliphatic carbocycles. The highest BCUT2D eigenvalue weighted by molar-refractivity contribution is 5.16. The molecule has 0 bridgehead atoms. The zero-order valence-electron chi connectivity index (χ0n) is 7.96. The van der Waals surface area contributed by atoms with Gasteiger partial charge in [-0.2, -0.15) is 0 Å². The van der Waals surface area contributed by atoms with Crippen LogP contribution < -0.4 is 10.4 Å². The van der Waals surface area contributed by atoms with Gasteiger partial charge >= 0.3 is 5.95 Å². The van der Waals surface area contributed by atoms with Gasteiger partial charge in [0.2, 0.25) is 0 Å². The number of hydrogen-bond acceptors (Lipinski definition) is 3. The SMILES string of the molecule is C[n+]1nnn(Cc2ccccc2)c1N. The Morgan fingerprint density at radius 2 is 2.07 bits per heavy atom. The predicted molar refractivity (Wildman–Crippen MR) is 51.2 cm³/mol. The first-order valence-electron chi connectivity index (χ1n) is 4.36. The van der Waals surface area contributed by atoms with Crippen molar-refractivity contribution in [2.24, 2.45) is 7.05 Å². The number of nitrogens with two attached hydrogens (primary N) is 1. The van der Waals surface area contributed by atoms with Crippen LogP contribution in [0.2, 0.25) is 0 Å². The molecular formula is C9H12N5+. The molecule has 1 aromatic carbocycles. The van der Waals surface area contributed by atoms with Gasteiger partial charge in [0.15, 0.2) is 0 Å². The maximum absolute atomic E-state index is 5.75. The van der Waals surface area contributed by atoms with Crippen LogP contribution in [0, 0.1) is 0 Å². The van der Waals surface area contributed by atoms with Crippen LogP contribution in [0.25, 0.3) is 0 Å². The Kier molecular flexibility index (Phi) is 2.14. The molecule has 2 rings (SSSR count). The summed E-state index contributed by atoms with van der Waals surface area (Å²) in [6.07, 6.45) is 0. The van der Waals surface area contributed by atoms with Crippen molar-refractivity contribution in [3.8, 4) is 0 Å². The second-order valence-corrected chi connectivity index (χ2v) is 3.10. The number of benzene rings is 1. The highest BCUT2D eigenvalue weighted by atomic mass is 15.6. The lowest BCUT2D eigenvalue weighted by molar-refractivity contribution is -0.718. The van der Waals surface area contributed by atoms with E-state index in [0.29, 0.717) is 12.5 Å². The second-order valence-electron chi connectivity index (χ2n) is 3.10. The van der Waals surface area contributed by atoms with E-state index in [1.54, 1.807) is 16.4 Å². The molecule has 2 N–H and O–H groups in total. The van der Waals surface area contributed by atoms with Crippen molar-refractivity contribution in [3.63, 3.8) is 0 Å². The molecule has 0 aliphatic rings. The van der Waals surface area contributed by atoms with Gasteiger partial charge in [0.05, 0.1) is 12.3 Å². The molecule has 14 heavy (non-hydrogen) atoms. The number of tetrazole rings is 1. The van der Waals surface area contributed by atoms with Crippen molar-refractivity contribution in [1.29, 1.82) is 0 Å². The summed E-state index contributed by atoms with van der Waals surface area (Å²) in [6, 6.07) is 10.0. The standard InChI is InChI=1S/C9H11N5/c1-13-9(10)14(12-11-13)7-8-5-3-2-4-6-8/h2-6,10H,7H2,1H3/p+1. The largest absolute Gasteiger partial charge is 0.362 e. The van der Waals surface area contributed by atoms with Gasteiger partial charge in [-0.25, -0.2) is 0 Å². The summed E-state index contributed by atoms with van der Waals surface area (Å²) in [6.45, 7) is 0.653. The summed E-state index contributed by atoms with van der Waals surface area (Å²) in [5, 5.41) is 7.73. The van der Waals surface area contributed by atoms with Crippen LogP contribution in [-0.4, -0.2) is 15.1 Å². The highest BCUT2D eigenvalue weighted by Gasteiger charge is 2.12. The maximum Gasteiger partial charge on any atom is 0.362 e. The van der Waals surface area contributed by atoms with Crippen molar-refractivity contribution in [2.75, 3.05) is 5.73 Å². The topological polar surface area (TPSA) is 60.6 Å². The molecule has 72 valence electrons. The van der Waals surface area contributed by atoms with Gasteiger partial charge < -0.3 is 5.73 Å². The van der Waals surface area contributed by atoms with Gasteiger partial charge in [0.1, 0.15) is 11.8 Å². The Hall–Kier alpha value is -1.91. The minimum Gasteiger partial charge on any atom is -0.306 e. The summed E-state index contributed by atoms with van der Waals surface area (Å²) in [5.74, 6) is 0.550. The normalized spacial score (nSPS) is 10.4. The van der Waals surface area contributed by atoms with E-state index < -0.39 is 0 Å². The Labute approximate surface area is 81.8 Å². The second kappa shape index (κ2) is 3.45. The molecule has 0 atom stereocenters. The van der Waals surface area contributed by atoms with Crippen LogP contribution in [0.4, 0.5) is 5.95 Å². The zero-order chi connectivity index (χ0) is 9.97. The van der Waals surface area contributed by atoms with Crippen molar-refractivity contribution in [3.05, 3.63) is 35.9 Å². The van der Waals surface area contributed by atoms with Crippen LogP contribution in [0.15, 0.2) is 30.3 Å². The minimum absolute atomic E-state index is 0.550. The molecule has 0 amide bonds. The van der Waals surface area contributed by atoms with Gasteiger partial charge in [-0.05, 0) is 5.56 Å². The third-order valence-corrected chi connectivity index (χ3v) is 2.05. The minimum atomic E-state index is 0.550. The first-order valence-corrected chi connectivity index (χ1v) is 4.36. The zero-order valence-corrected chi connectivity index (χ0v) is 7.96. The third kappa shape index (κ3) is 1.56. The number of anilines is 1. The third-order valence-electron chi connectivity index (χ3n) is 2.05. The van der Waals surface area contributed by atoms with Gasteiger partial charge in [-0.15, -0.1) is 4.68 Å². The number of hydrogen-bond donors (Lipinski definition) is 1. The molecule has 2 aromatic rings. The van der Waals surface area contributed by atoms with E-state index in [2.05, 4.69) is 10.4 Å². The monoisotopic (exact) mass is 190 g/mol. The van der Waals surface area contributed by atoms with Crippen molar-refractivity contribution >= 4 is 5.95 Å². The van der Waals surface area contributed by atoms with E-state index in [-0.39, 0.29) is 0 Å². The summed E-state index contributed by atoms with van der Waals surface area (Å²) in [4.78, 5) is 0. The van der Waals surface area contributed by atoms with Gasteiger partial charge in [-0.1, -0.05) is 35.0 Å². The fraction of sp³-hybridized carbons (Fsp3) is 0.222. The van der Waals surface area contributed by atoms with Crippen molar-refractivity contribution in [2.45, 2.75) is 6.54 Å². The maximum atomic E-state index is 5.75. The smallest absolute Gasteiger partial charge is 0.306 e. The average Bonchev–Trinajstić information content (AvgIpc) is 2.52. The quantitative estimate of drug-likeness (QED) is 0.663. The first kappa shape index (κ1) is 8.68. The number of nitrogens with zero attached hydrogens (tertiary/aromatic N) is 4. The number of rotatable bonds is 2. The van der Waals surface area contributed by atoms with Gasteiger partial charge in [-0.3, -0.25) is 0 Å². The van der Waals surface area contributed by atoms with E-state index in [4.69, 9.17) is 5.73 Å². The molecule has 0 radical (unpaired) electrons. The molecular weight excluding hydrogens is 178 g/mol. The molecule has 0 saturated heterocycles. The molecule has 5 heteroatoms. The summed E-state index contributed by atoms with van der Waals surface area (Å²) in [5.41, 5.74) is 6.91. The Morgan fingerprint density at radius 3 is 2.64 bits per heavy atom. The Bertz CT molecular complexity index is 420. The molecule has 0 spiro atoms. The molecule has 0 unspecified atom stereocenters. The lowest BCUT2D eigenvalue weighted by Gasteiger charge is -1.95. The molecule has 0 aliphatic heterocycles. The number of aromatic nitrogens is 4. The Balaban J connectivity index is 2.23. The van der Waals surface area contributed by atoms with Crippen LogP contribution >= 0.6 is 0 Å². The fourth-order valence-corrected chi connectivity index (χ4v) is 1.24. The van der Waals surface area contributed by atoms with E-state index in [1.807, 2.05) is 30.3 Å². The van der Waals surface area contributed by atoms with Crippen molar-refractivity contribution in [1.82, 2.24) is 15.1 Å². The fourth-order valence-electron chi connectivity index (χ4n) is 1.24. The summed E-state index contributed by atoms with van der Waals surface area (Å²) in [7, 11) is 1.77. The first-order chi connectivity index (χ1) is 6.77. The van der Waals surface area contributed by atoms with Gasteiger partial charge in [0.25, 0.3) is 0 Å².